The van der Waals surface area contributed by atoms with Crippen LogP contribution in [0.1, 0.15) is 5.56 Å². The molecule has 0 fully saturated rings. The van der Waals surface area contributed by atoms with E-state index in [0.717, 1.165) is 28.2 Å². The number of halogens is 1. The summed E-state index contributed by atoms with van der Waals surface area (Å²) < 4.78 is 16.8. The monoisotopic (exact) mass is 407 g/mol. The number of ether oxygens (including phenoxy) is 3. The molecule has 0 saturated heterocycles. The Morgan fingerprint density at radius 3 is 2.81 bits per heavy atom. The van der Waals surface area contributed by atoms with E-state index in [0.29, 0.717) is 29.5 Å². The molecule has 7 heteroatoms. The third kappa shape index (κ3) is 4.45. The number of carbonyl (C=O) groups is 1. The van der Waals surface area contributed by atoms with E-state index in [2.05, 4.69) is 11.4 Å². The fraction of sp³-hybridized carbons (Fsp3) is 0.350. The topological polar surface area (TPSA) is 56.8 Å². The van der Waals surface area contributed by atoms with Gasteiger partial charge in [0.15, 0.2) is 0 Å². The van der Waals surface area contributed by atoms with Crippen LogP contribution in [0.4, 0.5) is 0 Å². The van der Waals surface area contributed by atoms with Crippen molar-refractivity contribution in [3.8, 4) is 28.4 Å². The number of fused-ring (bicyclic) bond motifs is 1. The van der Waals surface area contributed by atoms with Crippen LogP contribution in [-0.2, 0) is 11.2 Å². The Kier molecular flexibility index (Phi) is 6.39. The van der Waals surface area contributed by atoms with Crippen molar-refractivity contribution in [2.45, 2.75) is 12.5 Å². The lowest BCUT2D eigenvalue weighted by Gasteiger charge is -2.13. The van der Waals surface area contributed by atoms with Crippen LogP contribution in [-0.4, -0.2) is 44.8 Å². The van der Waals surface area contributed by atoms with Gasteiger partial charge in [0.2, 0.25) is 5.91 Å². The molecule has 2 aromatic carbocycles. The molecule has 1 heterocycles. The van der Waals surface area contributed by atoms with E-state index in [1.807, 2.05) is 30.5 Å². The summed E-state index contributed by atoms with van der Waals surface area (Å²) in [5.41, 5.74) is 2.86. The zero-order chi connectivity index (χ0) is 19.4. The van der Waals surface area contributed by atoms with Crippen LogP contribution in [0.25, 0.3) is 11.1 Å². The molecule has 144 valence electrons. The van der Waals surface area contributed by atoms with Gasteiger partial charge in [0.1, 0.15) is 23.4 Å². The second-order valence-electron chi connectivity index (χ2n) is 6.19. The molecule has 0 bridgehead atoms. The van der Waals surface area contributed by atoms with Gasteiger partial charge in [-0.25, -0.2) is 0 Å². The van der Waals surface area contributed by atoms with Crippen molar-refractivity contribution >= 4 is 29.3 Å². The van der Waals surface area contributed by atoms with E-state index in [9.17, 15) is 4.79 Å². The molecule has 0 radical (unpaired) electrons. The number of rotatable bonds is 7. The summed E-state index contributed by atoms with van der Waals surface area (Å²) in [7, 11) is 3.27. The Labute approximate surface area is 168 Å². The van der Waals surface area contributed by atoms with E-state index < -0.39 is 0 Å². The summed E-state index contributed by atoms with van der Waals surface area (Å²) in [4.78, 5) is 11.7. The second-order valence-corrected chi connectivity index (χ2v) is 7.47. The average Bonchev–Trinajstić information content (AvgIpc) is 3.09. The van der Waals surface area contributed by atoms with Gasteiger partial charge in [-0.3, -0.25) is 4.79 Å². The summed E-state index contributed by atoms with van der Waals surface area (Å²) >= 11 is 7.98. The number of methoxy groups -OCH3 is 2. The Bertz CT molecular complexity index is 843. The lowest BCUT2D eigenvalue weighted by molar-refractivity contribution is -0.118. The minimum absolute atomic E-state index is 0.00922. The van der Waals surface area contributed by atoms with Gasteiger partial charge < -0.3 is 19.5 Å². The van der Waals surface area contributed by atoms with Crippen molar-refractivity contribution in [1.29, 1.82) is 0 Å². The van der Waals surface area contributed by atoms with Gasteiger partial charge in [-0.05, 0) is 42.2 Å². The molecule has 1 amide bonds. The van der Waals surface area contributed by atoms with Crippen molar-refractivity contribution < 1.29 is 19.0 Å². The highest BCUT2D eigenvalue weighted by molar-refractivity contribution is 7.99. The lowest BCUT2D eigenvalue weighted by Crippen LogP contribution is -2.35. The van der Waals surface area contributed by atoms with E-state index >= 15 is 0 Å². The van der Waals surface area contributed by atoms with Crippen LogP contribution in [0.15, 0.2) is 30.3 Å². The highest BCUT2D eigenvalue weighted by Crippen LogP contribution is 2.42. The zero-order valence-corrected chi connectivity index (χ0v) is 17.1. The maximum Gasteiger partial charge on any atom is 0.230 e. The summed E-state index contributed by atoms with van der Waals surface area (Å²) in [6, 6.07) is 9.57. The Morgan fingerprint density at radius 1 is 1.30 bits per heavy atom. The number of benzene rings is 2. The highest BCUT2D eigenvalue weighted by atomic mass is 35.5. The molecule has 1 aliphatic heterocycles. The molecular weight excluding hydrogens is 386 g/mol. The van der Waals surface area contributed by atoms with Gasteiger partial charge in [-0.15, -0.1) is 0 Å². The van der Waals surface area contributed by atoms with Crippen molar-refractivity contribution in [3.63, 3.8) is 0 Å². The van der Waals surface area contributed by atoms with Gasteiger partial charge in [0.25, 0.3) is 0 Å². The molecule has 0 spiro atoms. The van der Waals surface area contributed by atoms with Gasteiger partial charge in [-0.1, -0.05) is 11.6 Å². The van der Waals surface area contributed by atoms with E-state index in [-0.39, 0.29) is 12.0 Å². The van der Waals surface area contributed by atoms with Crippen molar-refractivity contribution in [2.75, 3.05) is 32.8 Å². The summed E-state index contributed by atoms with van der Waals surface area (Å²) in [5.74, 6) is 2.63. The number of amides is 1. The molecule has 2 aromatic rings. The molecule has 0 aromatic heterocycles. The first-order chi connectivity index (χ1) is 13.0. The zero-order valence-electron chi connectivity index (χ0n) is 15.5. The molecule has 5 nitrogen and oxygen atoms in total. The predicted octanol–water partition coefficient (Wildman–Crippen LogP) is 3.81. The van der Waals surface area contributed by atoms with Crippen LogP contribution in [0.5, 0.6) is 17.2 Å². The number of carbonyl (C=O) groups excluding carboxylic acids is 1. The number of nitrogens with one attached hydrogen (secondary N) is 1. The minimum atomic E-state index is -0.120. The molecule has 27 heavy (non-hydrogen) atoms. The first-order valence-electron chi connectivity index (χ1n) is 8.52. The Morgan fingerprint density at radius 2 is 2.11 bits per heavy atom. The predicted molar refractivity (Wildman–Crippen MR) is 110 cm³/mol. The lowest BCUT2D eigenvalue weighted by atomic mass is 9.99. The van der Waals surface area contributed by atoms with Gasteiger partial charge >= 0.3 is 0 Å². The molecule has 1 aliphatic rings. The first-order valence-corrected chi connectivity index (χ1v) is 10.3. The van der Waals surface area contributed by atoms with Crippen LogP contribution < -0.4 is 19.5 Å². The van der Waals surface area contributed by atoms with Crippen LogP contribution >= 0.6 is 23.4 Å². The van der Waals surface area contributed by atoms with Crippen LogP contribution in [0.2, 0.25) is 5.02 Å². The van der Waals surface area contributed by atoms with Crippen molar-refractivity contribution in [1.82, 2.24) is 5.32 Å². The van der Waals surface area contributed by atoms with Crippen molar-refractivity contribution in [2.24, 2.45) is 0 Å². The maximum atomic E-state index is 11.7. The molecular formula is C20H22ClNO4S. The van der Waals surface area contributed by atoms with Crippen molar-refractivity contribution in [3.05, 3.63) is 40.9 Å². The van der Waals surface area contributed by atoms with Gasteiger partial charge in [0.05, 0.1) is 31.5 Å². The largest absolute Gasteiger partial charge is 0.497 e. The second kappa shape index (κ2) is 8.76. The fourth-order valence-corrected chi connectivity index (χ4v) is 3.75. The number of hydrogen-bond acceptors (Lipinski definition) is 5. The number of hydrogen-bond donors (Lipinski definition) is 1. The molecule has 1 atom stereocenters. The normalized spacial score (nSPS) is 15.0. The summed E-state index contributed by atoms with van der Waals surface area (Å²) in [5, 5.41) is 3.44. The molecule has 1 N–H and O–H groups in total. The van der Waals surface area contributed by atoms with E-state index in [1.165, 1.54) is 11.8 Å². The fourth-order valence-electron chi connectivity index (χ4n) is 3.11. The quantitative estimate of drug-likeness (QED) is 0.756. The average molecular weight is 408 g/mol. The van der Waals surface area contributed by atoms with Gasteiger partial charge in [0, 0.05) is 17.5 Å². The number of thioether (sulfide) groups is 1. The SMILES string of the molecule is COc1ccc(OC)c(-c2cc(Cl)c3c(c2)CC(CNC(=O)CSC)O3)c1. The molecule has 0 aliphatic carbocycles. The first kappa shape index (κ1) is 19.7. The molecule has 0 saturated carbocycles. The molecule has 1 unspecified atom stereocenters. The van der Waals surface area contributed by atoms with Gasteiger partial charge in [-0.2, -0.15) is 11.8 Å². The standard InChI is InChI=1S/C20H22ClNO4S/c1-24-14-4-5-18(25-2)16(9-14)12-6-13-7-15(10-22-19(23)11-27-3)26-20(13)17(21)8-12/h4-6,8-9,15H,7,10-11H2,1-3H3,(H,22,23). The van der Waals surface area contributed by atoms with Crippen LogP contribution in [0.3, 0.4) is 0 Å². The maximum absolute atomic E-state index is 11.7. The van der Waals surface area contributed by atoms with E-state index in [4.69, 9.17) is 25.8 Å². The van der Waals surface area contributed by atoms with Crippen LogP contribution in [0, 0.1) is 0 Å². The van der Waals surface area contributed by atoms with E-state index in [1.54, 1.807) is 14.2 Å². The highest BCUT2D eigenvalue weighted by Gasteiger charge is 2.27. The Hall–Kier alpha value is -2.05. The summed E-state index contributed by atoms with van der Waals surface area (Å²) in [6.45, 7) is 0.461. The smallest absolute Gasteiger partial charge is 0.230 e. The molecule has 3 rings (SSSR count). The third-order valence-corrected chi connectivity index (χ3v) is 5.20. The summed E-state index contributed by atoms with van der Waals surface area (Å²) in [6.07, 6.45) is 2.47. The third-order valence-electron chi connectivity index (χ3n) is 4.37. The minimum Gasteiger partial charge on any atom is -0.497 e. The Balaban J connectivity index is 1.83.